The zero-order chi connectivity index (χ0) is 15.7. The molecule has 1 heterocycles. The van der Waals surface area contributed by atoms with Gasteiger partial charge < -0.3 is 15.8 Å². The Hall–Kier alpha value is -2.34. The SMILES string of the molecule is COc1cc(Nc2nc(N)c3cccc(Br)c3n2)ccc1C. The molecule has 3 aromatic rings. The second-order valence-corrected chi connectivity index (χ2v) is 5.73. The number of fused-ring (bicyclic) bond motifs is 1. The van der Waals surface area contributed by atoms with Crippen molar-refractivity contribution in [3.63, 3.8) is 0 Å². The van der Waals surface area contributed by atoms with E-state index in [-0.39, 0.29) is 0 Å². The number of para-hydroxylation sites is 1. The summed E-state index contributed by atoms with van der Waals surface area (Å²) in [5.41, 5.74) is 8.70. The number of ether oxygens (including phenoxy) is 1. The zero-order valence-corrected chi connectivity index (χ0v) is 13.8. The van der Waals surface area contributed by atoms with Gasteiger partial charge in [0, 0.05) is 21.6 Å². The summed E-state index contributed by atoms with van der Waals surface area (Å²) in [6.45, 7) is 1.99. The number of nitrogen functional groups attached to an aromatic ring is 1. The van der Waals surface area contributed by atoms with Crippen molar-refractivity contribution in [1.82, 2.24) is 9.97 Å². The molecular formula is C16H15BrN4O. The first kappa shape index (κ1) is 14.6. The average Bonchev–Trinajstić information content (AvgIpc) is 2.50. The first-order valence-electron chi connectivity index (χ1n) is 6.72. The molecule has 22 heavy (non-hydrogen) atoms. The highest BCUT2D eigenvalue weighted by Crippen LogP contribution is 2.28. The lowest BCUT2D eigenvalue weighted by Crippen LogP contribution is -2.02. The van der Waals surface area contributed by atoms with Gasteiger partial charge >= 0.3 is 0 Å². The largest absolute Gasteiger partial charge is 0.496 e. The number of aromatic nitrogens is 2. The minimum absolute atomic E-state index is 0.438. The van der Waals surface area contributed by atoms with E-state index in [0.717, 1.165) is 32.4 Å². The minimum atomic E-state index is 0.438. The first-order valence-corrected chi connectivity index (χ1v) is 7.51. The van der Waals surface area contributed by atoms with Gasteiger partial charge in [0.1, 0.15) is 11.6 Å². The molecule has 0 saturated heterocycles. The number of anilines is 3. The number of hydrogen-bond acceptors (Lipinski definition) is 5. The standard InChI is InChI=1S/C16H15BrN4O/c1-9-6-7-10(8-13(9)22-2)19-16-20-14-11(15(18)21-16)4-3-5-12(14)17/h3-8H,1-2H3,(H3,18,19,20,21). The molecule has 3 rings (SSSR count). The number of nitrogens with zero attached hydrogens (tertiary/aromatic N) is 2. The zero-order valence-electron chi connectivity index (χ0n) is 12.2. The van der Waals surface area contributed by atoms with Crippen molar-refractivity contribution in [2.24, 2.45) is 0 Å². The molecule has 6 heteroatoms. The van der Waals surface area contributed by atoms with Gasteiger partial charge in [-0.2, -0.15) is 4.98 Å². The van der Waals surface area contributed by atoms with Crippen molar-refractivity contribution in [3.8, 4) is 5.75 Å². The van der Waals surface area contributed by atoms with E-state index in [4.69, 9.17) is 10.5 Å². The van der Waals surface area contributed by atoms with Crippen LogP contribution >= 0.6 is 15.9 Å². The summed E-state index contributed by atoms with van der Waals surface area (Å²) >= 11 is 3.49. The van der Waals surface area contributed by atoms with Gasteiger partial charge in [-0.05, 0) is 46.6 Å². The van der Waals surface area contributed by atoms with Crippen molar-refractivity contribution in [2.75, 3.05) is 18.2 Å². The fourth-order valence-electron chi connectivity index (χ4n) is 2.22. The van der Waals surface area contributed by atoms with Crippen LogP contribution in [-0.2, 0) is 0 Å². The molecule has 0 saturated carbocycles. The summed E-state index contributed by atoms with van der Waals surface area (Å²) in [7, 11) is 1.65. The maximum absolute atomic E-state index is 6.02. The molecule has 0 aliphatic rings. The van der Waals surface area contributed by atoms with Crippen LogP contribution in [0.25, 0.3) is 10.9 Å². The molecule has 0 fully saturated rings. The third-order valence-electron chi connectivity index (χ3n) is 3.37. The molecule has 0 spiro atoms. The van der Waals surface area contributed by atoms with Gasteiger partial charge in [-0.3, -0.25) is 0 Å². The van der Waals surface area contributed by atoms with Crippen LogP contribution in [0.2, 0.25) is 0 Å². The van der Waals surface area contributed by atoms with E-state index in [1.807, 2.05) is 43.3 Å². The van der Waals surface area contributed by atoms with Crippen LogP contribution in [0.1, 0.15) is 5.56 Å². The Bertz CT molecular complexity index is 851. The minimum Gasteiger partial charge on any atom is -0.496 e. The molecule has 0 aliphatic carbocycles. The summed E-state index contributed by atoms with van der Waals surface area (Å²) in [6, 6.07) is 11.5. The van der Waals surface area contributed by atoms with E-state index in [9.17, 15) is 0 Å². The monoisotopic (exact) mass is 358 g/mol. The number of nitrogens with one attached hydrogen (secondary N) is 1. The Morgan fingerprint density at radius 3 is 2.77 bits per heavy atom. The van der Waals surface area contributed by atoms with Crippen LogP contribution in [-0.4, -0.2) is 17.1 Å². The average molecular weight is 359 g/mol. The highest BCUT2D eigenvalue weighted by molar-refractivity contribution is 9.10. The van der Waals surface area contributed by atoms with E-state index in [1.165, 1.54) is 0 Å². The van der Waals surface area contributed by atoms with Crippen molar-refractivity contribution in [1.29, 1.82) is 0 Å². The molecule has 0 amide bonds. The van der Waals surface area contributed by atoms with E-state index in [2.05, 4.69) is 31.2 Å². The quantitative estimate of drug-likeness (QED) is 0.739. The van der Waals surface area contributed by atoms with Crippen LogP contribution in [0.15, 0.2) is 40.9 Å². The Balaban J connectivity index is 2.02. The summed E-state index contributed by atoms with van der Waals surface area (Å²) < 4.78 is 6.20. The van der Waals surface area contributed by atoms with Gasteiger partial charge in [0.2, 0.25) is 5.95 Å². The first-order chi connectivity index (χ1) is 10.6. The summed E-state index contributed by atoms with van der Waals surface area (Å²) in [6.07, 6.45) is 0. The van der Waals surface area contributed by atoms with Crippen molar-refractivity contribution in [2.45, 2.75) is 6.92 Å². The van der Waals surface area contributed by atoms with Gasteiger partial charge in [0.15, 0.2) is 0 Å². The molecule has 112 valence electrons. The normalized spacial score (nSPS) is 10.7. The maximum Gasteiger partial charge on any atom is 0.229 e. The third kappa shape index (κ3) is 2.69. The number of aryl methyl sites for hydroxylation is 1. The fourth-order valence-corrected chi connectivity index (χ4v) is 2.68. The molecule has 1 aromatic heterocycles. The number of rotatable bonds is 3. The molecule has 0 aliphatic heterocycles. The van der Waals surface area contributed by atoms with Gasteiger partial charge in [0.25, 0.3) is 0 Å². The molecule has 0 radical (unpaired) electrons. The number of halogens is 1. The lowest BCUT2D eigenvalue weighted by molar-refractivity contribution is 0.412. The van der Waals surface area contributed by atoms with E-state index in [0.29, 0.717) is 11.8 Å². The second-order valence-electron chi connectivity index (χ2n) is 4.88. The van der Waals surface area contributed by atoms with Crippen molar-refractivity contribution < 1.29 is 4.74 Å². The highest BCUT2D eigenvalue weighted by Gasteiger charge is 2.09. The van der Waals surface area contributed by atoms with E-state index >= 15 is 0 Å². The smallest absolute Gasteiger partial charge is 0.229 e. The van der Waals surface area contributed by atoms with Gasteiger partial charge in [0.05, 0.1) is 12.6 Å². The van der Waals surface area contributed by atoms with E-state index in [1.54, 1.807) is 7.11 Å². The van der Waals surface area contributed by atoms with Crippen molar-refractivity contribution in [3.05, 3.63) is 46.4 Å². The van der Waals surface area contributed by atoms with E-state index < -0.39 is 0 Å². The molecule has 3 N–H and O–H groups in total. The Kier molecular flexibility index (Phi) is 3.85. The number of nitrogens with two attached hydrogens (primary N) is 1. The number of benzene rings is 2. The maximum atomic E-state index is 6.02. The third-order valence-corrected chi connectivity index (χ3v) is 4.01. The lowest BCUT2D eigenvalue weighted by atomic mass is 10.2. The van der Waals surface area contributed by atoms with Crippen LogP contribution in [0.4, 0.5) is 17.5 Å². The van der Waals surface area contributed by atoms with Gasteiger partial charge in [-0.25, -0.2) is 4.98 Å². The van der Waals surface area contributed by atoms with Gasteiger partial charge in [-0.15, -0.1) is 0 Å². The topological polar surface area (TPSA) is 73.1 Å². The second kappa shape index (κ2) is 5.81. The lowest BCUT2D eigenvalue weighted by Gasteiger charge is -2.11. The van der Waals surface area contributed by atoms with Crippen LogP contribution < -0.4 is 15.8 Å². The Labute approximate surface area is 136 Å². The predicted molar refractivity (Wildman–Crippen MR) is 92.7 cm³/mol. The number of hydrogen-bond donors (Lipinski definition) is 2. The molecule has 2 aromatic carbocycles. The highest BCUT2D eigenvalue weighted by atomic mass is 79.9. The van der Waals surface area contributed by atoms with Gasteiger partial charge in [-0.1, -0.05) is 12.1 Å². The summed E-state index contributed by atoms with van der Waals surface area (Å²) in [5, 5.41) is 3.98. The van der Waals surface area contributed by atoms with Crippen LogP contribution in [0.3, 0.4) is 0 Å². The summed E-state index contributed by atoms with van der Waals surface area (Å²) in [4.78, 5) is 8.83. The molecule has 5 nitrogen and oxygen atoms in total. The Morgan fingerprint density at radius 2 is 2.00 bits per heavy atom. The molecule has 0 atom stereocenters. The van der Waals surface area contributed by atoms with Crippen LogP contribution in [0.5, 0.6) is 5.75 Å². The summed E-state index contributed by atoms with van der Waals surface area (Å²) in [5.74, 6) is 1.69. The molecule has 0 bridgehead atoms. The van der Waals surface area contributed by atoms with Crippen molar-refractivity contribution >= 4 is 44.3 Å². The number of methoxy groups -OCH3 is 1. The van der Waals surface area contributed by atoms with Crippen LogP contribution in [0, 0.1) is 6.92 Å². The Morgan fingerprint density at radius 1 is 1.18 bits per heavy atom. The molecular weight excluding hydrogens is 344 g/mol. The fraction of sp³-hybridized carbons (Fsp3) is 0.125. The molecule has 0 unspecified atom stereocenters. The predicted octanol–water partition coefficient (Wildman–Crippen LogP) is 4.04.